The predicted molar refractivity (Wildman–Crippen MR) is 101 cm³/mol. The van der Waals surface area contributed by atoms with Crippen LogP contribution in [0.15, 0.2) is 54.6 Å². The second-order valence-corrected chi connectivity index (χ2v) is 5.89. The molecule has 0 radical (unpaired) electrons. The van der Waals surface area contributed by atoms with Crippen molar-refractivity contribution in [2.24, 2.45) is 0 Å². The summed E-state index contributed by atoms with van der Waals surface area (Å²) in [6.45, 7) is -0.240. The molecule has 6 nitrogen and oxygen atoms in total. The molecule has 29 heavy (non-hydrogen) atoms. The van der Waals surface area contributed by atoms with Gasteiger partial charge >= 0.3 is 6.36 Å². The molecule has 0 unspecified atom stereocenters. The van der Waals surface area contributed by atoms with Gasteiger partial charge in [0.1, 0.15) is 11.5 Å². The maximum absolute atomic E-state index is 12.2. The maximum atomic E-state index is 12.2. The number of ether oxygens (including phenoxy) is 2. The van der Waals surface area contributed by atoms with Crippen molar-refractivity contribution in [2.45, 2.75) is 6.36 Å². The molecule has 0 bridgehead atoms. The SMILES string of the molecule is COc1ccccc1/C=C/C(=O)N(C)CC(=O)Nc1ccc(OC(F)(F)F)cc1. The summed E-state index contributed by atoms with van der Waals surface area (Å²) in [5.74, 6) is -0.699. The number of nitrogens with one attached hydrogen (secondary N) is 1. The molecule has 2 aromatic carbocycles. The first-order chi connectivity index (χ1) is 13.7. The first kappa shape index (κ1) is 21.8. The third-order valence-corrected chi connectivity index (χ3v) is 3.67. The van der Waals surface area contributed by atoms with Gasteiger partial charge < -0.3 is 19.7 Å². The summed E-state index contributed by atoms with van der Waals surface area (Å²) < 4.78 is 45.4. The number of anilines is 1. The van der Waals surface area contributed by atoms with E-state index in [0.717, 1.165) is 12.1 Å². The molecule has 0 atom stereocenters. The third-order valence-electron chi connectivity index (χ3n) is 3.67. The molecule has 0 aliphatic heterocycles. The van der Waals surface area contributed by atoms with Crippen LogP contribution < -0.4 is 14.8 Å². The van der Waals surface area contributed by atoms with Crippen LogP contribution in [0.25, 0.3) is 6.08 Å². The topological polar surface area (TPSA) is 67.9 Å². The highest BCUT2D eigenvalue weighted by molar-refractivity contribution is 5.98. The summed E-state index contributed by atoms with van der Waals surface area (Å²) in [6.07, 6.45) is -1.89. The highest BCUT2D eigenvalue weighted by atomic mass is 19.4. The van der Waals surface area contributed by atoms with Crippen LogP contribution in [-0.4, -0.2) is 43.8 Å². The van der Waals surface area contributed by atoms with E-state index < -0.39 is 23.9 Å². The average Bonchev–Trinajstić information content (AvgIpc) is 2.66. The number of nitrogens with zero attached hydrogens (tertiary/aromatic N) is 1. The van der Waals surface area contributed by atoms with Gasteiger partial charge in [-0.15, -0.1) is 13.2 Å². The van der Waals surface area contributed by atoms with Crippen LogP contribution in [0.1, 0.15) is 5.56 Å². The lowest BCUT2D eigenvalue weighted by atomic mass is 10.2. The minimum absolute atomic E-state index is 0.240. The van der Waals surface area contributed by atoms with E-state index in [-0.39, 0.29) is 12.2 Å². The average molecular weight is 408 g/mol. The monoisotopic (exact) mass is 408 g/mol. The highest BCUT2D eigenvalue weighted by Gasteiger charge is 2.30. The molecule has 2 rings (SSSR count). The molecule has 0 fully saturated rings. The number of para-hydroxylation sites is 1. The molecule has 9 heteroatoms. The number of methoxy groups -OCH3 is 1. The van der Waals surface area contributed by atoms with Gasteiger partial charge in [0, 0.05) is 24.4 Å². The predicted octanol–water partition coefficient (Wildman–Crippen LogP) is 3.70. The number of likely N-dealkylation sites (N-methyl/N-ethyl adjacent to an activating group) is 1. The lowest BCUT2D eigenvalue weighted by Gasteiger charge is -2.15. The molecule has 0 aromatic heterocycles. The third kappa shape index (κ3) is 7.21. The smallest absolute Gasteiger partial charge is 0.496 e. The van der Waals surface area contributed by atoms with E-state index in [0.29, 0.717) is 11.3 Å². The first-order valence-corrected chi connectivity index (χ1v) is 8.40. The van der Waals surface area contributed by atoms with Crippen molar-refractivity contribution in [3.8, 4) is 11.5 Å². The van der Waals surface area contributed by atoms with Gasteiger partial charge in [-0.2, -0.15) is 0 Å². The number of carbonyl (C=O) groups is 2. The normalized spacial score (nSPS) is 11.2. The molecular formula is C20H19F3N2O4. The molecule has 0 aliphatic carbocycles. The summed E-state index contributed by atoms with van der Waals surface area (Å²) in [5, 5.41) is 2.50. The van der Waals surface area contributed by atoms with E-state index in [4.69, 9.17) is 4.74 Å². The van der Waals surface area contributed by atoms with Crippen LogP contribution in [0.3, 0.4) is 0 Å². The largest absolute Gasteiger partial charge is 0.573 e. The zero-order valence-corrected chi connectivity index (χ0v) is 15.7. The molecule has 2 amide bonds. The summed E-state index contributed by atoms with van der Waals surface area (Å²) in [5.41, 5.74) is 0.984. The van der Waals surface area contributed by atoms with Gasteiger partial charge in [-0.3, -0.25) is 9.59 Å². The Bertz CT molecular complexity index is 880. The van der Waals surface area contributed by atoms with Crippen LogP contribution >= 0.6 is 0 Å². The molecule has 0 saturated heterocycles. The van der Waals surface area contributed by atoms with Gasteiger partial charge in [-0.05, 0) is 36.4 Å². The van der Waals surface area contributed by atoms with Crippen molar-refractivity contribution >= 4 is 23.6 Å². The Morgan fingerprint density at radius 1 is 1.10 bits per heavy atom. The molecule has 2 aromatic rings. The number of benzene rings is 2. The minimum Gasteiger partial charge on any atom is -0.496 e. The number of rotatable bonds is 7. The number of amides is 2. The quantitative estimate of drug-likeness (QED) is 0.710. The van der Waals surface area contributed by atoms with E-state index >= 15 is 0 Å². The van der Waals surface area contributed by atoms with Crippen LogP contribution in [0.4, 0.5) is 18.9 Å². The van der Waals surface area contributed by atoms with Crippen molar-refractivity contribution < 1.29 is 32.2 Å². The van der Waals surface area contributed by atoms with Gasteiger partial charge in [0.15, 0.2) is 0 Å². The maximum Gasteiger partial charge on any atom is 0.573 e. The Kier molecular flexibility index (Phi) is 7.24. The summed E-state index contributed by atoms with van der Waals surface area (Å²) in [6, 6.07) is 11.8. The van der Waals surface area contributed by atoms with Crippen LogP contribution in [0.2, 0.25) is 0 Å². The minimum atomic E-state index is -4.79. The van der Waals surface area contributed by atoms with Crippen molar-refractivity contribution in [3.05, 3.63) is 60.2 Å². The fourth-order valence-corrected chi connectivity index (χ4v) is 2.33. The van der Waals surface area contributed by atoms with Gasteiger partial charge in [0.2, 0.25) is 11.8 Å². The fourth-order valence-electron chi connectivity index (χ4n) is 2.33. The Morgan fingerprint density at radius 2 is 1.76 bits per heavy atom. The van der Waals surface area contributed by atoms with E-state index in [1.54, 1.807) is 30.3 Å². The number of halogens is 3. The summed E-state index contributed by atoms with van der Waals surface area (Å²) in [7, 11) is 2.97. The van der Waals surface area contributed by atoms with Crippen LogP contribution in [-0.2, 0) is 9.59 Å². The second-order valence-electron chi connectivity index (χ2n) is 5.89. The van der Waals surface area contributed by atoms with Gasteiger partial charge in [-0.1, -0.05) is 18.2 Å². The number of alkyl halides is 3. The Hall–Kier alpha value is -3.49. The molecule has 154 valence electrons. The molecule has 1 N–H and O–H groups in total. The lowest BCUT2D eigenvalue weighted by Crippen LogP contribution is -2.33. The second kappa shape index (κ2) is 9.63. The van der Waals surface area contributed by atoms with Crippen molar-refractivity contribution in [1.29, 1.82) is 0 Å². The molecule has 0 aliphatic rings. The van der Waals surface area contributed by atoms with Crippen molar-refractivity contribution in [1.82, 2.24) is 4.90 Å². The molecule has 0 saturated carbocycles. The van der Waals surface area contributed by atoms with Gasteiger partial charge in [-0.25, -0.2) is 0 Å². The number of hydrogen-bond donors (Lipinski definition) is 1. The Labute approximate surface area is 165 Å². The summed E-state index contributed by atoms with van der Waals surface area (Å²) >= 11 is 0. The van der Waals surface area contributed by atoms with E-state index in [1.807, 2.05) is 0 Å². The standard InChI is InChI=1S/C20H19F3N2O4/c1-25(19(27)12-7-14-5-3-4-6-17(14)28-2)13-18(26)24-15-8-10-16(11-9-15)29-20(21,22)23/h3-12H,13H2,1-2H3,(H,24,26)/b12-7+. The van der Waals surface area contributed by atoms with E-state index in [2.05, 4.69) is 10.1 Å². The van der Waals surface area contributed by atoms with Crippen LogP contribution in [0.5, 0.6) is 11.5 Å². The van der Waals surface area contributed by atoms with Gasteiger partial charge in [0.25, 0.3) is 0 Å². The zero-order chi connectivity index (χ0) is 21.4. The number of carbonyl (C=O) groups excluding carboxylic acids is 2. The molecule has 0 spiro atoms. The van der Waals surface area contributed by atoms with Crippen molar-refractivity contribution in [3.63, 3.8) is 0 Å². The zero-order valence-electron chi connectivity index (χ0n) is 15.7. The molecule has 0 heterocycles. The van der Waals surface area contributed by atoms with E-state index in [9.17, 15) is 22.8 Å². The Balaban J connectivity index is 1.89. The Morgan fingerprint density at radius 3 is 2.38 bits per heavy atom. The first-order valence-electron chi connectivity index (χ1n) is 8.40. The number of hydrogen-bond acceptors (Lipinski definition) is 4. The lowest BCUT2D eigenvalue weighted by molar-refractivity contribution is -0.274. The van der Waals surface area contributed by atoms with Crippen molar-refractivity contribution in [2.75, 3.05) is 26.0 Å². The van der Waals surface area contributed by atoms with E-state index in [1.165, 1.54) is 37.3 Å². The van der Waals surface area contributed by atoms with Gasteiger partial charge in [0.05, 0.1) is 13.7 Å². The van der Waals surface area contributed by atoms with Crippen LogP contribution in [0, 0.1) is 0 Å². The summed E-state index contributed by atoms with van der Waals surface area (Å²) in [4.78, 5) is 25.4. The highest BCUT2D eigenvalue weighted by Crippen LogP contribution is 2.24. The fraction of sp³-hybridized carbons (Fsp3) is 0.200. The molecular weight excluding hydrogens is 389 g/mol.